The Morgan fingerprint density at radius 1 is 1.60 bits per heavy atom. The normalized spacial score (nSPS) is 10.1. The number of carboxylic acid groups (broad SMARTS) is 1. The van der Waals surface area contributed by atoms with Crippen molar-refractivity contribution in [1.82, 2.24) is 0 Å². The largest absolute Gasteiger partial charge is 0.507 e. The van der Waals surface area contributed by atoms with Gasteiger partial charge in [-0.2, -0.15) is 0 Å². The summed E-state index contributed by atoms with van der Waals surface area (Å²) in [5, 5.41) is 18.7. The van der Waals surface area contributed by atoms with Gasteiger partial charge < -0.3 is 14.9 Å². The van der Waals surface area contributed by atoms with Crippen molar-refractivity contribution in [2.24, 2.45) is 0 Å². The molecule has 0 fully saturated rings. The van der Waals surface area contributed by atoms with E-state index in [1.807, 2.05) is 6.92 Å². The lowest BCUT2D eigenvalue weighted by atomic mass is 10.1. The van der Waals surface area contributed by atoms with Gasteiger partial charge in [0.05, 0.1) is 11.6 Å². The zero-order valence-corrected chi connectivity index (χ0v) is 9.96. The number of benzene rings is 1. The average molecular weight is 275 g/mol. The van der Waals surface area contributed by atoms with Crippen LogP contribution in [-0.4, -0.2) is 23.3 Å². The van der Waals surface area contributed by atoms with Crippen LogP contribution in [0.1, 0.15) is 22.8 Å². The number of hydrogen-bond acceptors (Lipinski definition) is 3. The van der Waals surface area contributed by atoms with Crippen molar-refractivity contribution in [3.8, 4) is 11.5 Å². The monoisotopic (exact) mass is 274 g/mol. The summed E-state index contributed by atoms with van der Waals surface area (Å²) in [6.45, 7) is 1.83. The van der Waals surface area contributed by atoms with Crippen molar-refractivity contribution >= 4 is 21.9 Å². The van der Waals surface area contributed by atoms with E-state index in [2.05, 4.69) is 15.9 Å². The Hall–Kier alpha value is -1.23. The maximum Gasteiger partial charge on any atom is 0.343 e. The highest BCUT2D eigenvalue weighted by Crippen LogP contribution is 2.38. The molecule has 0 spiro atoms. The second-order valence-electron chi connectivity index (χ2n) is 2.93. The number of carboxylic acids is 1. The fraction of sp³-hybridized carbons (Fsp3) is 0.300. The molecule has 0 aliphatic rings. The Morgan fingerprint density at radius 3 is 2.60 bits per heavy atom. The number of phenols is 1. The van der Waals surface area contributed by atoms with Crippen LogP contribution in [0.2, 0.25) is 0 Å². The van der Waals surface area contributed by atoms with Gasteiger partial charge in [0.1, 0.15) is 11.3 Å². The molecule has 82 valence electrons. The molecule has 0 amide bonds. The van der Waals surface area contributed by atoms with Crippen molar-refractivity contribution in [2.45, 2.75) is 13.3 Å². The highest BCUT2D eigenvalue weighted by atomic mass is 79.9. The summed E-state index contributed by atoms with van der Waals surface area (Å²) in [6.07, 6.45) is 0.550. The lowest BCUT2D eigenvalue weighted by Crippen LogP contribution is -2.03. The number of halogens is 1. The Morgan fingerprint density at radius 2 is 2.20 bits per heavy atom. The molecule has 15 heavy (non-hydrogen) atoms. The van der Waals surface area contributed by atoms with Crippen LogP contribution >= 0.6 is 15.9 Å². The quantitative estimate of drug-likeness (QED) is 0.889. The van der Waals surface area contributed by atoms with E-state index in [0.29, 0.717) is 16.5 Å². The highest BCUT2D eigenvalue weighted by molar-refractivity contribution is 9.10. The topological polar surface area (TPSA) is 66.8 Å². The minimum Gasteiger partial charge on any atom is -0.507 e. The van der Waals surface area contributed by atoms with Gasteiger partial charge in [0.2, 0.25) is 0 Å². The molecule has 1 rings (SSSR count). The number of methoxy groups -OCH3 is 1. The van der Waals surface area contributed by atoms with Crippen LogP contribution in [0.5, 0.6) is 11.5 Å². The Kier molecular flexibility index (Phi) is 3.57. The summed E-state index contributed by atoms with van der Waals surface area (Å²) in [5.74, 6) is -1.30. The van der Waals surface area contributed by atoms with Gasteiger partial charge in [0.15, 0.2) is 5.75 Å². The Labute approximate surface area is 95.6 Å². The van der Waals surface area contributed by atoms with Gasteiger partial charge in [-0.25, -0.2) is 4.79 Å². The van der Waals surface area contributed by atoms with Gasteiger partial charge in [-0.1, -0.05) is 6.92 Å². The number of aromatic carboxylic acids is 1. The van der Waals surface area contributed by atoms with E-state index in [-0.39, 0.29) is 17.1 Å². The first-order valence-electron chi connectivity index (χ1n) is 4.34. The van der Waals surface area contributed by atoms with Crippen LogP contribution < -0.4 is 4.74 Å². The first kappa shape index (κ1) is 11.8. The number of hydrogen-bond donors (Lipinski definition) is 2. The Balaban J connectivity index is 3.55. The molecular weight excluding hydrogens is 264 g/mol. The molecule has 0 saturated heterocycles. The Bertz CT molecular complexity index is 401. The van der Waals surface area contributed by atoms with Gasteiger partial charge in [0, 0.05) is 0 Å². The molecule has 1 aromatic rings. The maximum absolute atomic E-state index is 11.0. The molecule has 0 bridgehead atoms. The molecule has 0 heterocycles. The van der Waals surface area contributed by atoms with E-state index in [1.54, 1.807) is 6.07 Å². The van der Waals surface area contributed by atoms with E-state index in [4.69, 9.17) is 9.84 Å². The van der Waals surface area contributed by atoms with Crippen molar-refractivity contribution in [3.05, 3.63) is 21.7 Å². The molecule has 0 saturated carbocycles. The second kappa shape index (κ2) is 4.53. The summed E-state index contributed by atoms with van der Waals surface area (Å²) in [7, 11) is 1.36. The predicted molar refractivity (Wildman–Crippen MR) is 58.7 cm³/mol. The standard InChI is InChI=1S/C10H11BrO4/c1-3-5-4-6(11)9(15-2)7(8(5)12)10(13)14/h4,12H,3H2,1-2H3,(H,13,14). The number of rotatable bonds is 3. The SMILES string of the molecule is CCc1cc(Br)c(OC)c(C(=O)O)c1O. The van der Waals surface area contributed by atoms with E-state index in [1.165, 1.54) is 7.11 Å². The van der Waals surface area contributed by atoms with Gasteiger partial charge in [0.25, 0.3) is 0 Å². The molecule has 0 aliphatic heterocycles. The first-order chi connectivity index (χ1) is 7.02. The van der Waals surface area contributed by atoms with Gasteiger partial charge in [-0.3, -0.25) is 0 Å². The van der Waals surface area contributed by atoms with Crippen LogP contribution in [0, 0.1) is 0 Å². The first-order valence-corrected chi connectivity index (χ1v) is 5.13. The van der Waals surface area contributed by atoms with Crippen molar-refractivity contribution < 1.29 is 19.7 Å². The third-order valence-corrected chi connectivity index (χ3v) is 2.67. The summed E-state index contributed by atoms with van der Waals surface area (Å²) in [4.78, 5) is 11.0. The van der Waals surface area contributed by atoms with Gasteiger partial charge in [-0.05, 0) is 34.0 Å². The molecule has 0 aliphatic carbocycles. The number of ether oxygens (including phenoxy) is 1. The zero-order chi connectivity index (χ0) is 11.6. The molecule has 0 aromatic heterocycles. The van der Waals surface area contributed by atoms with Gasteiger partial charge >= 0.3 is 5.97 Å². The summed E-state index contributed by atoms with van der Waals surface area (Å²) >= 11 is 3.20. The second-order valence-corrected chi connectivity index (χ2v) is 3.79. The molecule has 0 atom stereocenters. The van der Waals surface area contributed by atoms with Crippen LogP contribution in [0.4, 0.5) is 0 Å². The fourth-order valence-corrected chi connectivity index (χ4v) is 1.98. The summed E-state index contributed by atoms with van der Waals surface area (Å²) in [6, 6.07) is 1.65. The van der Waals surface area contributed by atoms with E-state index in [9.17, 15) is 9.90 Å². The number of carbonyl (C=O) groups is 1. The summed E-state index contributed by atoms with van der Waals surface area (Å²) < 4.78 is 5.46. The average Bonchev–Trinajstić information content (AvgIpc) is 2.19. The van der Waals surface area contributed by atoms with Gasteiger partial charge in [-0.15, -0.1) is 0 Å². The van der Waals surface area contributed by atoms with Crippen LogP contribution in [-0.2, 0) is 6.42 Å². The fourth-order valence-electron chi connectivity index (χ4n) is 1.34. The molecule has 2 N–H and O–H groups in total. The van der Waals surface area contributed by atoms with E-state index >= 15 is 0 Å². The molecule has 4 nitrogen and oxygen atoms in total. The van der Waals surface area contributed by atoms with E-state index in [0.717, 1.165) is 0 Å². The lowest BCUT2D eigenvalue weighted by Gasteiger charge is -2.12. The molecule has 1 aromatic carbocycles. The van der Waals surface area contributed by atoms with Crippen LogP contribution in [0.25, 0.3) is 0 Å². The predicted octanol–water partition coefficient (Wildman–Crippen LogP) is 2.42. The van der Waals surface area contributed by atoms with Crippen molar-refractivity contribution in [2.75, 3.05) is 7.11 Å². The van der Waals surface area contributed by atoms with E-state index < -0.39 is 5.97 Å². The summed E-state index contributed by atoms with van der Waals surface area (Å²) in [5.41, 5.74) is 0.365. The molecule has 0 radical (unpaired) electrons. The van der Waals surface area contributed by atoms with Crippen LogP contribution in [0.3, 0.4) is 0 Å². The number of aryl methyl sites for hydroxylation is 1. The molecular formula is C10H11BrO4. The highest BCUT2D eigenvalue weighted by Gasteiger charge is 2.21. The maximum atomic E-state index is 11.0. The lowest BCUT2D eigenvalue weighted by molar-refractivity contribution is 0.0689. The minimum atomic E-state index is -1.21. The van der Waals surface area contributed by atoms with Crippen molar-refractivity contribution in [3.63, 3.8) is 0 Å². The zero-order valence-electron chi connectivity index (χ0n) is 8.37. The minimum absolute atomic E-state index is 0.136. The smallest absolute Gasteiger partial charge is 0.343 e. The third-order valence-electron chi connectivity index (χ3n) is 2.08. The van der Waals surface area contributed by atoms with Crippen LogP contribution in [0.15, 0.2) is 10.5 Å². The molecule has 0 unspecified atom stereocenters. The number of aromatic hydroxyl groups is 1. The third kappa shape index (κ3) is 2.07. The molecule has 5 heteroatoms. The van der Waals surface area contributed by atoms with Crippen molar-refractivity contribution in [1.29, 1.82) is 0 Å².